The molecular formula is C17H32ClNO. The highest BCUT2D eigenvalue weighted by Crippen LogP contribution is 2.32. The number of alkyl halides is 1. The molecule has 1 amide bonds. The fourth-order valence-electron chi connectivity index (χ4n) is 3.14. The number of unbranched alkanes of at least 4 members (excludes halogenated alkanes) is 1. The lowest BCUT2D eigenvalue weighted by atomic mass is 9.79. The minimum atomic E-state index is -0.127. The van der Waals surface area contributed by atoms with Crippen LogP contribution in [-0.4, -0.2) is 17.3 Å². The molecule has 1 unspecified atom stereocenters. The van der Waals surface area contributed by atoms with E-state index in [-0.39, 0.29) is 17.4 Å². The van der Waals surface area contributed by atoms with E-state index < -0.39 is 0 Å². The Labute approximate surface area is 130 Å². The van der Waals surface area contributed by atoms with Gasteiger partial charge in [0.2, 0.25) is 5.91 Å². The van der Waals surface area contributed by atoms with Crippen LogP contribution in [0.4, 0.5) is 0 Å². The minimum Gasteiger partial charge on any atom is -0.351 e. The van der Waals surface area contributed by atoms with Crippen LogP contribution < -0.4 is 5.32 Å². The normalized spacial score (nSPS) is 26.0. The summed E-state index contributed by atoms with van der Waals surface area (Å²) in [6, 6.07) is 0. The van der Waals surface area contributed by atoms with Crippen molar-refractivity contribution in [3.63, 3.8) is 0 Å². The highest BCUT2D eigenvalue weighted by Gasteiger charge is 2.30. The summed E-state index contributed by atoms with van der Waals surface area (Å²) in [5.74, 6) is 1.95. The Morgan fingerprint density at radius 3 is 2.40 bits per heavy atom. The molecule has 0 heterocycles. The van der Waals surface area contributed by atoms with Gasteiger partial charge < -0.3 is 5.32 Å². The molecule has 0 aromatic rings. The lowest BCUT2D eigenvalue weighted by molar-refractivity contribution is -0.128. The molecule has 0 saturated heterocycles. The van der Waals surface area contributed by atoms with E-state index in [9.17, 15) is 4.79 Å². The van der Waals surface area contributed by atoms with Gasteiger partial charge in [-0.25, -0.2) is 0 Å². The number of rotatable bonds is 8. The maximum absolute atomic E-state index is 12.4. The smallest absolute Gasteiger partial charge is 0.223 e. The largest absolute Gasteiger partial charge is 0.351 e. The number of halogens is 1. The van der Waals surface area contributed by atoms with Crippen LogP contribution in [0.25, 0.3) is 0 Å². The lowest BCUT2D eigenvalue weighted by Gasteiger charge is -2.33. The Morgan fingerprint density at radius 2 is 1.90 bits per heavy atom. The van der Waals surface area contributed by atoms with Crippen LogP contribution in [0.1, 0.15) is 78.6 Å². The predicted molar refractivity (Wildman–Crippen MR) is 87.1 cm³/mol. The van der Waals surface area contributed by atoms with Crippen LogP contribution in [0, 0.1) is 11.8 Å². The summed E-state index contributed by atoms with van der Waals surface area (Å²) in [6.45, 7) is 6.48. The summed E-state index contributed by atoms with van der Waals surface area (Å²) >= 11 is 5.85. The molecule has 0 aromatic heterocycles. The third-order valence-electron chi connectivity index (χ3n) is 5.04. The van der Waals surface area contributed by atoms with E-state index in [2.05, 4.69) is 26.1 Å². The average molecular weight is 302 g/mol. The van der Waals surface area contributed by atoms with Gasteiger partial charge >= 0.3 is 0 Å². The molecule has 0 aromatic carbocycles. The first-order valence-corrected chi connectivity index (χ1v) is 8.96. The van der Waals surface area contributed by atoms with Crippen molar-refractivity contribution in [1.82, 2.24) is 5.32 Å². The SMILES string of the molecule is CCCCC1CCC(C(=O)NC(C)(CC)CCCl)CC1. The topological polar surface area (TPSA) is 29.1 Å². The first-order valence-electron chi connectivity index (χ1n) is 8.42. The summed E-state index contributed by atoms with van der Waals surface area (Å²) in [5, 5.41) is 3.25. The number of nitrogens with one attached hydrogen (secondary N) is 1. The summed E-state index contributed by atoms with van der Waals surface area (Å²) in [7, 11) is 0. The quantitative estimate of drug-likeness (QED) is 0.635. The van der Waals surface area contributed by atoms with Crippen LogP contribution in [0.3, 0.4) is 0 Å². The van der Waals surface area contributed by atoms with E-state index in [4.69, 9.17) is 11.6 Å². The second-order valence-corrected chi connectivity index (χ2v) is 7.08. The average Bonchev–Trinajstić information content (AvgIpc) is 2.45. The third-order valence-corrected chi connectivity index (χ3v) is 5.22. The van der Waals surface area contributed by atoms with Gasteiger partial charge in [-0.15, -0.1) is 11.6 Å². The Bertz CT molecular complexity index is 287. The minimum absolute atomic E-state index is 0.127. The second kappa shape index (κ2) is 8.92. The molecule has 3 heteroatoms. The zero-order chi connectivity index (χ0) is 15.0. The monoisotopic (exact) mass is 301 g/mol. The third kappa shape index (κ3) is 5.63. The van der Waals surface area contributed by atoms with Gasteiger partial charge in [0, 0.05) is 17.3 Å². The molecule has 1 rings (SSSR count). The molecule has 1 fully saturated rings. The maximum Gasteiger partial charge on any atom is 0.223 e. The number of carbonyl (C=O) groups excluding carboxylic acids is 1. The summed E-state index contributed by atoms with van der Waals surface area (Å²) in [5.41, 5.74) is -0.127. The van der Waals surface area contributed by atoms with Gasteiger partial charge in [-0.2, -0.15) is 0 Å². The van der Waals surface area contributed by atoms with Crippen molar-refractivity contribution in [2.75, 3.05) is 5.88 Å². The number of hydrogen-bond donors (Lipinski definition) is 1. The molecule has 0 radical (unpaired) electrons. The molecule has 1 N–H and O–H groups in total. The van der Waals surface area contributed by atoms with Gasteiger partial charge in [-0.3, -0.25) is 4.79 Å². The standard InChI is InChI=1S/C17H32ClNO/c1-4-6-7-14-8-10-15(11-9-14)16(20)19-17(3,5-2)12-13-18/h14-15H,4-13H2,1-3H3,(H,19,20). The van der Waals surface area contributed by atoms with Crippen molar-refractivity contribution in [3.8, 4) is 0 Å². The van der Waals surface area contributed by atoms with Crippen LogP contribution in [0.15, 0.2) is 0 Å². The van der Waals surface area contributed by atoms with E-state index in [1.54, 1.807) is 0 Å². The zero-order valence-electron chi connectivity index (χ0n) is 13.5. The van der Waals surface area contributed by atoms with Crippen molar-refractivity contribution < 1.29 is 4.79 Å². The maximum atomic E-state index is 12.4. The van der Waals surface area contributed by atoms with Crippen LogP contribution in [0.5, 0.6) is 0 Å². The fraction of sp³-hybridized carbons (Fsp3) is 0.941. The molecule has 1 saturated carbocycles. The Kier molecular flexibility index (Phi) is 7.94. The van der Waals surface area contributed by atoms with Crippen molar-refractivity contribution in [1.29, 1.82) is 0 Å². The molecule has 118 valence electrons. The highest BCUT2D eigenvalue weighted by atomic mass is 35.5. The van der Waals surface area contributed by atoms with E-state index >= 15 is 0 Å². The Hall–Kier alpha value is -0.240. The Balaban J connectivity index is 2.38. The molecule has 1 aliphatic carbocycles. The number of carbonyl (C=O) groups is 1. The number of amides is 1. The van der Waals surface area contributed by atoms with Gasteiger partial charge in [-0.05, 0) is 51.4 Å². The fourth-order valence-corrected chi connectivity index (χ4v) is 3.56. The van der Waals surface area contributed by atoms with Crippen LogP contribution >= 0.6 is 11.6 Å². The van der Waals surface area contributed by atoms with Gasteiger partial charge in [0.05, 0.1) is 0 Å². The highest BCUT2D eigenvalue weighted by molar-refractivity contribution is 6.17. The van der Waals surface area contributed by atoms with E-state index in [0.29, 0.717) is 5.88 Å². The summed E-state index contributed by atoms with van der Waals surface area (Å²) in [4.78, 5) is 12.4. The predicted octanol–water partition coefficient (Wildman–Crippen LogP) is 4.90. The van der Waals surface area contributed by atoms with E-state index in [0.717, 1.165) is 31.6 Å². The van der Waals surface area contributed by atoms with Gasteiger partial charge in [0.15, 0.2) is 0 Å². The summed E-state index contributed by atoms with van der Waals surface area (Å²) < 4.78 is 0. The van der Waals surface area contributed by atoms with Crippen molar-refractivity contribution in [2.24, 2.45) is 11.8 Å². The molecule has 1 aliphatic rings. The van der Waals surface area contributed by atoms with E-state index in [1.165, 1.54) is 32.1 Å². The van der Waals surface area contributed by atoms with Crippen LogP contribution in [0.2, 0.25) is 0 Å². The van der Waals surface area contributed by atoms with Crippen molar-refractivity contribution in [3.05, 3.63) is 0 Å². The van der Waals surface area contributed by atoms with Gasteiger partial charge in [0.25, 0.3) is 0 Å². The first-order chi connectivity index (χ1) is 9.54. The van der Waals surface area contributed by atoms with Gasteiger partial charge in [-0.1, -0.05) is 33.1 Å². The molecule has 2 nitrogen and oxygen atoms in total. The molecule has 0 bridgehead atoms. The van der Waals surface area contributed by atoms with Crippen molar-refractivity contribution in [2.45, 2.75) is 84.1 Å². The Morgan fingerprint density at radius 1 is 1.25 bits per heavy atom. The second-order valence-electron chi connectivity index (χ2n) is 6.70. The molecule has 20 heavy (non-hydrogen) atoms. The summed E-state index contributed by atoms with van der Waals surface area (Å²) in [6.07, 6.45) is 10.4. The van der Waals surface area contributed by atoms with Crippen LogP contribution in [-0.2, 0) is 4.79 Å². The van der Waals surface area contributed by atoms with Crippen molar-refractivity contribution >= 4 is 17.5 Å². The zero-order valence-corrected chi connectivity index (χ0v) is 14.3. The molecule has 0 spiro atoms. The lowest BCUT2D eigenvalue weighted by Crippen LogP contribution is -2.48. The molecule has 0 aliphatic heterocycles. The molecular weight excluding hydrogens is 270 g/mol. The van der Waals surface area contributed by atoms with Gasteiger partial charge in [0.1, 0.15) is 0 Å². The van der Waals surface area contributed by atoms with E-state index in [1.807, 2.05) is 0 Å². The molecule has 1 atom stereocenters. The first kappa shape index (κ1) is 17.8. The number of hydrogen-bond acceptors (Lipinski definition) is 1.